The van der Waals surface area contributed by atoms with Gasteiger partial charge in [-0.3, -0.25) is 9.59 Å². The molecule has 2 aromatic carbocycles. The van der Waals surface area contributed by atoms with Crippen LogP contribution in [-0.4, -0.2) is 32.6 Å². The van der Waals surface area contributed by atoms with Crippen LogP contribution in [0.25, 0.3) is 0 Å². The summed E-state index contributed by atoms with van der Waals surface area (Å²) in [7, 11) is 3.16. The van der Waals surface area contributed by atoms with Crippen LogP contribution in [0.4, 0.5) is 11.4 Å². The lowest BCUT2D eigenvalue weighted by atomic mass is 10.1. The molecule has 0 saturated carbocycles. The van der Waals surface area contributed by atoms with Gasteiger partial charge < -0.3 is 19.7 Å². The van der Waals surface area contributed by atoms with Gasteiger partial charge >= 0.3 is 0 Å². The number of methoxy groups -OCH3 is 2. The third-order valence-corrected chi connectivity index (χ3v) is 4.36. The summed E-state index contributed by atoms with van der Waals surface area (Å²) < 4.78 is 10.5. The van der Waals surface area contributed by atoms with E-state index in [-0.39, 0.29) is 11.8 Å². The van der Waals surface area contributed by atoms with E-state index in [0.29, 0.717) is 42.3 Å². The molecule has 1 aliphatic heterocycles. The van der Waals surface area contributed by atoms with Crippen LogP contribution in [0.15, 0.2) is 42.5 Å². The first-order valence-electron chi connectivity index (χ1n) is 8.50. The predicted molar refractivity (Wildman–Crippen MR) is 99.7 cm³/mol. The van der Waals surface area contributed by atoms with Crippen molar-refractivity contribution >= 4 is 23.2 Å². The van der Waals surface area contributed by atoms with Crippen molar-refractivity contribution in [1.82, 2.24) is 0 Å². The van der Waals surface area contributed by atoms with Crippen molar-refractivity contribution in [1.29, 1.82) is 0 Å². The van der Waals surface area contributed by atoms with Crippen LogP contribution in [0, 0.1) is 0 Å². The van der Waals surface area contributed by atoms with Gasteiger partial charge in [0.2, 0.25) is 5.91 Å². The van der Waals surface area contributed by atoms with Gasteiger partial charge in [-0.2, -0.15) is 0 Å². The second-order valence-electron chi connectivity index (χ2n) is 6.08. The van der Waals surface area contributed by atoms with E-state index in [2.05, 4.69) is 5.32 Å². The highest BCUT2D eigenvalue weighted by atomic mass is 16.5. The number of carbonyl (C=O) groups excluding carboxylic acids is 2. The fourth-order valence-corrected chi connectivity index (χ4v) is 3.10. The standard InChI is InChI=1S/C20H22N2O4/c1-25-13-14-6-3-4-7-16(14)20(24)21-15-9-10-18(26-2)17(12-15)22-11-5-8-19(22)23/h3-4,6-7,9-10,12H,5,8,11,13H2,1-2H3,(H,21,24). The third kappa shape index (κ3) is 3.70. The van der Waals surface area contributed by atoms with Crippen molar-refractivity contribution in [3.63, 3.8) is 0 Å². The fourth-order valence-electron chi connectivity index (χ4n) is 3.10. The molecule has 0 unspecified atom stereocenters. The van der Waals surface area contributed by atoms with Crippen molar-refractivity contribution in [2.75, 3.05) is 31.0 Å². The number of benzene rings is 2. The number of nitrogens with zero attached hydrogens (tertiary/aromatic N) is 1. The maximum atomic E-state index is 12.7. The Kier molecular flexibility index (Phi) is 5.53. The minimum absolute atomic E-state index is 0.0669. The summed E-state index contributed by atoms with van der Waals surface area (Å²) >= 11 is 0. The van der Waals surface area contributed by atoms with Crippen molar-refractivity contribution in [3.8, 4) is 5.75 Å². The van der Waals surface area contributed by atoms with Gasteiger partial charge in [0.25, 0.3) is 5.91 Å². The summed E-state index contributed by atoms with van der Waals surface area (Å²) in [5.41, 5.74) is 2.66. The van der Waals surface area contributed by atoms with Crippen molar-refractivity contribution in [2.24, 2.45) is 0 Å². The molecule has 1 aliphatic rings. The summed E-state index contributed by atoms with van der Waals surface area (Å²) in [4.78, 5) is 26.5. The van der Waals surface area contributed by atoms with Crippen LogP contribution in [-0.2, 0) is 16.1 Å². The molecule has 0 spiro atoms. The Morgan fingerprint density at radius 2 is 2.00 bits per heavy atom. The average Bonchev–Trinajstić information content (AvgIpc) is 3.08. The molecule has 0 radical (unpaired) electrons. The molecule has 2 amide bonds. The van der Waals surface area contributed by atoms with E-state index in [1.807, 2.05) is 18.2 Å². The topological polar surface area (TPSA) is 67.9 Å². The van der Waals surface area contributed by atoms with E-state index in [4.69, 9.17) is 9.47 Å². The first kappa shape index (κ1) is 17.9. The number of rotatable bonds is 6. The number of anilines is 2. The summed E-state index contributed by atoms with van der Waals surface area (Å²) in [5, 5.41) is 2.90. The maximum absolute atomic E-state index is 12.7. The van der Waals surface area contributed by atoms with Crippen molar-refractivity contribution in [3.05, 3.63) is 53.6 Å². The van der Waals surface area contributed by atoms with E-state index in [1.165, 1.54) is 0 Å². The summed E-state index contributed by atoms with van der Waals surface area (Å²) in [6.45, 7) is 1.02. The maximum Gasteiger partial charge on any atom is 0.256 e. The predicted octanol–water partition coefficient (Wildman–Crippen LogP) is 3.22. The lowest BCUT2D eigenvalue weighted by Gasteiger charge is -2.20. The minimum atomic E-state index is -0.221. The van der Waals surface area contributed by atoms with Gasteiger partial charge in [0.1, 0.15) is 5.75 Å². The Bertz CT molecular complexity index is 819. The minimum Gasteiger partial charge on any atom is -0.495 e. The van der Waals surface area contributed by atoms with E-state index in [1.54, 1.807) is 43.4 Å². The van der Waals surface area contributed by atoms with Gasteiger partial charge in [0, 0.05) is 31.3 Å². The number of carbonyl (C=O) groups is 2. The number of nitrogens with one attached hydrogen (secondary N) is 1. The fraction of sp³-hybridized carbons (Fsp3) is 0.300. The van der Waals surface area contributed by atoms with Crippen LogP contribution in [0.1, 0.15) is 28.8 Å². The molecule has 1 N–H and O–H groups in total. The van der Waals surface area contributed by atoms with E-state index >= 15 is 0 Å². The zero-order chi connectivity index (χ0) is 18.5. The van der Waals surface area contributed by atoms with Crippen LogP contribution in [0.5, 0.6) is 5.75 Å². The van der Waals surface area contributed by atoms with Gasteiger partial charge in [-0.25, -0.2) is 0 Å². The van der Waals surface area contributed by atoms with Crippen LogP contribution < -0.4 is 15.0 Å². The molecule has 1 heterocycles. The third-order valence-electron chi connectivity index (χ3n) is 4.36. The summed E-state index contributed by atoms with van der Waals surface area (Å²) in [6.07, 6.45) is 1.35. The lowest BCUT2D eigenvalue weighted by Crippen LogP contribution is -2.24. The smallest absolute Gasteiger partial charge is 0.256 e. The van der Waals surface area contributed by atoms with Gasteiger partial charge in [0.15, 0.2) is 0 Å². The van der Waals surface area contributed by atoms with Crippen LogP contribution in [0.2, 0.25) is 0 Å². The van der Waals surface area contributed by atoms with E-state index in [9.17, 15) is 9.59 Å². The summed E-state index contributed by atoms with van der Waals surface area (Å²) in [5.74, 6) is 0.455. The SMILES string of the molecule is COCc1ccccc1C(=O)Nc1ccc(OC)c(N2CCCC2=O)c1. The number of hydrogen-bond donors (Lipinski definition) is 1. The molecule has 1 saturated heterocycles. The first-order chi connectivity index (χ1) is 12.6. The highest BCUT2D eigenvalue weighted by Crippen LogP contribution is 2.34. The quantitative estimate of drug-likeness (QED) is 0.865. The molecular weight excluding hydrogens is 332 g/mol. The van der Waals surface area contributed by atoms with Gasteiger partial charge in [-0.15, -0.1) is 0 Å². The van der Waals surface area contributed by atoms with Crippen LogP contribution in [0.3, 0.4) is 0 Å². The monoisotopic (exact) mass is 354 g/mol. The molecule has 26 heavy (non-hydrogen) atoms. The van der Waals surface area contributed by atoms with Gasteiger partial charge in [-0.1, -0.05) is 18.2 Å². The zero-order valence-corrected chi connectivity index (χ0v) is 15.0. The Balaban J connectivity index is 1.86. The van der Waals surface area contributed by atoms with E-state index in [0.717, 1.165) is 12.0 Å². The Hall–Kier alpha value is -2.86. The van der Waals surface area contributed by atoms with Gasteiger partial charge in [0.05, 0.1) is 19.4 Å². The van der Waals surface area contributed by atoms with Crippen molar-refractivity contribution < 1.29 is 19.1 Å². The average molecular weight is 354 g/mol. The molecule has 0 atom stereocenters. The Labute approximate surface area is 152 Å². The second-order valence-corrected chi connectivity index (χ2v) is 6.08. The number of amides is 2. The molecule has 1 fully saturated rings. The number of ether oxygens (including phenoxy) is 2. The molecule has 2 aromatic rings. The van der Waals surface area contributed by atoms with Crippen molar-refractivity contribution in [2.45, 2.75) is 19.4 Å². The van der Waals surface area contributed by atoms with E-state index < -0.39 is 0 Å². The molecule has 0 aromatic heterocycles. The highest BCUT2D eigenvalue weighted by molar-refractivity contribution is 6.06. The Morgan fingerprint density at radius 3 is 2.69 bits per heavy atom. The normalized spacial score (nSPS) is 13.8. The molecule has 6 heteroatoms. The largest absolute Gasteiger partial charge is 0.495 e. The first-order valence-corrected chi connectivity index (χ1v) is 8.50. The molecule has 0 aliphatic carbocycles. The number of hydrogen-bond acceptors (Lipinski definition) is 4. The zero-order valence-electron chi connectivity index (χ0n) is 15.0. The second kappa shape index (κ2) is 8.01. The molecular formula is C20H22N2O4. The lowest BCUT2D eigenvalue weighted by molar-refractivity contribution is -0.117. The van der Waals surface area contributed by atoms with Gasteiger partial charge in [-0.05, 0) is 36.2 Å². The molecule has 3 rings (SSSR count). The summed E-state index contributed by atoms with van der Waals surface area (Å²) in [6, 6.07) is 12.6. The Morgan fingerprint density at radius 1 is 1.19 bits per heavy atom. The van der Waals surface area contributed by atoms with Crippen LogP contribution >= 0.6 is 0 Å². The molecule has 0 bridgehead atoms. The molecule has 136 valence electrons. The highest BCUT2D eigenvalue weighted by Gasteiger charge is 2.25. The molecule has 6 nitrogen and oxygen atoms in total.